The van der Waals surface area contributed by atoms with Crippen LogP contribution in [0, 0.1) is 5.92 Å². The van der Waals surface area contributed by atoms with Gasteiger partial charge in [-0.1, -0.05) is 31.5 Å². The number of carbonyl (C=O) groups excluding carboxylic acids is 1. The van der Waals surface area contributed by atoms with Crippen LogP contribution in [-0.2, 0) is 6.54 Å². The SMILES string of the molecule is COc1ccc(Cl)cc1CNc1cccc(C(=O)NCC(C)C)c1. The van der Waals surface area contributed by atoms with Gasteiger partial charge in [0.05, 0.1) is 7.11 Å². The minimum absolute atomic E-state index is 0.0623. The third kappa shape index (κ3) is 5.17. The lowest BCUT2D eigenvalue weighted by molar-refractivity contribution is 0.0949. The second-order valence-corrected chi connectivity index (χ2v) is 6.43. The molecular weight excluding hydrogens is 324 g/mol. The van der Waals surface area contributed by atoms with E-state index in [1.165, 1.54) is 0 Å². The van der Waals surface area contributed by atoms with Crippen LogP contribution in [0.15, 0.2) is 42.5 Å². The van der Waals surface area contributed by atoms with Crippen LogP contribution in [0.1, 0.15) is 29.8 Å². The molecule has 5 heteroatoms. The number of anilines is 1. The molecule has 0 saturated carbocycles. The van der Waals surface area contributed by atoms with E-state index < -0.39 is 0 Å². The molecule has 0 atom stereocenters. The molecule has 0 heterocycles. The van der Waals surface area contributed by atoms with Crippen molar-refractivity contribution < 1.29 is 9.53 Å². The average molecular weight is 347 g/mol. The third-order valence-electron chi connectivity index (χ3n) is 3.52. The number of nitrogens with one attached hydrogen (secondary N) is 2. The van der Waals surface area contributed by atoms with Crippen LogP contribution < -0.4 is 15.4 Å². The summed E-state index contributed by atoms with van der Waals surface area (Å²) in [4.78, 5) is 12.1. The molecule has 0 spiro atoms. The number of carbonyl (C=O) groups is 1. The molecule has 0 aliphatic rings. The predicted molar refractivity (Wildman–Crippen MR) is 98.9 cm³/mol. The number of rotatable bonds is 7. The number of benzene rings is 2. The lowest BCUT2D eigenvalue weighted by Crippen LogP contribution is -2.27. The highest BCUT2D eigenvalue weighted by atomic mass is 35.5. The fourth-order valence-electron chi connectivity index (χ4n) is 2.25. The fraction of sp³-hybridized carbons (Fsp3) is 0.316. The minimum atomic E-state index is -0.0623. The van der Waals surface area contributed by atoms with Crippen molar-refractivity contribution in [2.45, 2.75) is 20.4 Å². The molecule has 0 bridgehead atoms. The van der Waals surface area contributed by atoms with Crippen LogP contribution in [0.3, 0.4) is 0 Å². The Bertz CT molecular complexity index is 702. The van der Waals surface area contributed by atoms with Gasteiger partial charge in [0.25, 0.3) is 5.91 Å². The fourth-order valence-corrected chi connectivity index (χ4v) is 2.45. The van der Waals surface area contributed by atoms with Crippen LogP contribution in [0.2, 0.25) is 5.02 Å². The molecule has 2 aromatic carbocycles. The van der Waals surface area contributed by atoms with Crippen molar-refractivity contribution in [2.24, 2.45) is 5.92 Å². The molecule has 128 valence electrons. The first-order valence-electron chi connectivity index (χ1n) is 7.94. The van der Waals surface area contributed by atoms with Gasteiger partial charge in [-0.05, 0) is 42.3 Å². The van der Waals surface area contributed by atoms with Crippen LogP contribution in [0.4, 0.5) is 5.69 Å². The molecule has 4 nitrogen and oxygen atoms in total. The van der Waals surface area contributed by atoms with Crippen molar-refractivity contribution in [1.82, 2.24) is 5.32 Å². The molecule has 0 fully saturated rings. The zero-order valence-electron chi connectivity index (χ0n) is 14.2. The van der Waals surface area contributed by atoms with Crippen LogP contribution in [-0.4, -0.2) is 19.6 Å². The van der Waals surface area contributed by atoms with E-state index in [2.05, 4.69) is 24.5 Å². The normalized spacial score (nSPS) is 10.5. The third-order valence-corrected chi connectivity index (χ3v) is 3.76. The Kier molecular flexibility index (Phi) is 6.50. The van der Waals surface area contributed by atoms with E-state index in [1.54, 1.807) is 19.2 Å². The lowest BCUT2D eigenvalue weighted by Gasteiger charge is -2.12. The Hall–Kier alpha value is -2.20. The first-order chi connectivity index (χ1) is 11.5. The second kappa shape index (κ2) is 8.60. The molecule has 0 unspecified atom stereocenters. The molecule has 2 aromatic rings. The molecular formula is C19H23ClN2O2. The lowest BCUT2D eigenvalue weighted by atomic mass is 10.1. The van der Waals surface area contributed by atoms with Gasteiger partial charge in [0.2, 0.25) is 0 Å². The number of halogens is 1. The summed E-state index contributed by atoms with van der Waals surface area (Å²) >= 11 is 6.05. The highest BCUT2D eigenvalue weighted by Gasteiger charge is 2.08. The van der Waals surface area contributed by atoms with Crippen molar-refractivity contribution in [2.75, 3.05) is 19.0 Å². The van der Waals surface area contributed by atoms with E-state index in [0.29, 0.717) is 29.6 Å². The van der Waals surface area contributed by atoms with Crippen LogP contribution >= 0.6 is 11.6 Å². The van der Waals surface area contributed by atoms with Crippen LogP contribution in [0.5, 0.6) is 5.75 Å². The Balaban J connectivity index is 2.05. The Morgan fingerprint density at radius 2 is 2.00 bits per heavy atom. The largest absolute Gasteiger partial charge is 0.496 e. The van der Waals surface area contributed by atoms with E-state index in [1.807, 2.05) is 30.3 Å². The van der Waals surface area contributed by atoms with E-state index in [0.717, 1.165) is 17.0 Å². The van der Waals surface area contributed by atoms with Gasteiger partial charge in [-0.2, -0.15) is 0 Å². The number of methoxy groups -OCH3 is 1. The van der Waals surface area contributed by atoms with E-state index in [4.69, 9.17) is 16.3 Å². The molecule has 0 aliphatic heterocycles. The van der Waals surface area contributed by atoms with Crippen LogP contribution in [0.25, 0.3) is 0 Å². The van der Waals surface area contributed by atoms with Gasteiger partial charge < -0.3 is 15.4 Å². The predicted octanol–water partition coefficient (Wildman–Crippen LogP) is 4.35. The maximum atomic E-state index is 12.1. The monoisotopic (exact) mass is 346 g/mol. The second-order valence-electron chi connectivity index (χ2n) is 5.99. The molecule has 2 rings (SSSR count). The average Bonchev–Trinajstić information content (AvgIpc) is 2.58. The van der Waals surface area contributed by atoms with Gasteiger partial charge in [0.15, 0.2) is 0 Å². The van der Waals surface area contributed by atoms with Gasteiger partial charge in [-0.3, -0.25) is 4.79 Å². The Morgan fingerprint density at radius 3 is 2.71 bits per heavy atom. The molecule has 0 aromatic heterocycles. The number of hydrogen-bond acceptors (Lipinski definition) is 3. The van der Waals surface area contributed by atoms with Crippen molar-refractivity contribution in [3.8, 4) is 5.75 Å². The first kappa shape index (κ1) is 18.1. The summed E-state index contributed by atoms with van der Waals surface area (Å²) in [5, 5.41) is 6.89. The zero-order valence-corrected chi connectivity index (χ0v) is 15.0. The molecule has 24 heavy (non-hydrogen) atoms. The Labute approximate surface area is 148 Å². The van der Waals surface area contributed by atoms with Gasteiger partial charge in [-0.15, -0.1) is 0 Å². The number of ether oxygens (including phenoxy) is 1. The van der Waals surface area contributed by atoms with E-state index >= 15 is 0 Å². The van der Waals surface area contributed by atoms with Crippen molar-refractivity contribution in [1.29, 1.82) is 0 Å². The standard InChI is InChI=1S/C19H23ClN2O2/c1-13(2)11-22-19(23)14-5-4-6-17(10-14)21-12-15-9-16(20)7-8-18(15)24-3/h4-10,13,21H,11-12H2,1-3H3,(H,22,23). The van der Waals surface area contributed by atoms with Crippen molar-refractivity contribution >= 4 is 23.2 Å². The van der Waals surface area contributed by atoms with Gasteiger partial charge in [-0.25, -0.2) is 0 Å². The van der Waals surface area contributed by atoms with Crippen molar-refractivity contribution in [3.63, 3.8) is 0 Å². The zero-order chi connectivity index (χ0) is 17.5. The van der Waals surface area contributed by atoms with E-state index in [-0.39, 0.29) is 5.91 Å². The molecule has 0 aliphatic carbocycles. The highest BCUT2D eigenvalue weighted by Crippen LogP contribution is 2.23. The smallest absolute Gasteiger partial charge is 0.251 e. The minimum Gasteiger partial charge on any atom is -0.496 e. The summed E-state index contributed by atoms with van der Waals surface area (Å²) in [6.45, 7) is 5.35. The summed E-state index contributed by atoms with van der Waals surface area (Å²) in [5.41, 5.74) is 2.47. The Morgan fingerprint density at radius 1 is 1.21 bits per heavy atom. The van der Waals surface area contributed by atoms with Crippen molar-refractivity contribution in [3.05, 3.63) is 58.6 Å². The molecule has 1 amide bonds. The molecule has 0 radical (unpaired) electrons. The first-order valence-corrected chi connectivity index (χ1v) is 8.32. The topological polar surface area (TPSA) is 50.4 Å². The summed E-state index contributed by atoms with van der Waals surface area (Å²) in [6, 6.07) is 12.9. The molecule has 0 saturated heterocycles. The molecule has 2 N–H and O–H groups in total. The number of hydrogen-bond donors (Lipinski definition) is 2. The maximum Gasteiger partial charge on any atom is 0.251 e. The summed E-state index contributed by atoms with van der Waals surface area (Å²) < 4.78 is 5.34. The van der Waals surface area contributed by atoms with Gasteiger partial charge >= 0.3 is 0 Å². The maximum absolute atomic E-state index is 12.1. The van der Waals surface area contributed by atoms with E-state index in [9.17, 15) is 4.79 Å². The van der Waals surface area contributed by atoms with Gasteiger partial charge in [0.1, 0.15) is 5.75 Å². The highest BCUT2D eigenvalue weighted by molar-refractivity contribution is 6.30. The number of amides is 1. The summed E-state index contributed by atoms with van der Waals surface area (Å²) in [5.74, 6) is 1.14. The summed E-state index contributed by atoms with van der Waals surface area (Å²) in [7, 11) is 1.63. The van der Waals surface area contributed by atoms with Gasteiger partial charge in [0, 0.05) is 34.9 Å². The summed E-state index contributed by atoms with van der Waals surface area (Å²) in [6.07, 6.45) is 0. The quantitative estimate of drug-likeness (QED) is 0.783.